The minimum atomic E-state index is -2.40. The van der Waals surface area contributed by atoms with Crippen molar-refractivity contribution in [1.29, 1.82) is 0 Å². The van der Waals surface area contributed by atoms with Gasteiger partial charge in [-0.15, -0.1) is 0 Å². The van der Waals surface area contributed by atoms with Gasteiger partial charge < -0.3 is 156 Å². The molecule has 6 aromatic carbocycles. The third-order valence-electron chi connectivity index (χ3n) is 21.4. The Morgan fingerprint density at radius 2 is 1.19 bits per heavy atom. The number of phenols is 2. The van der Waals surface area contributed by atoms with E-state index < -0.39 is 265 Å². The molecule has 620 valence electrons. The Labute approximate surface area is 663 Å². The van der Waals surface area contributed by atoms with Crippen molar-refractivity contribution < 1.29 is 147 Å². The summed E-state index contributed by atoms with van der Waals surface area (Å²) in [5, 5.41) is 139. The predicted octanol–water partition coefficient (Wildman–Crippen LogP) is -0.598. The van der Waals surface area contributed by atoms with Crippen molar-refractivity contribution in [2.45, 2.75) is 192 Å². The van der Waals surface area contributed by atoms with Crippen molar-refractivity contribution in [3.63, 3.8) is 0 Å². The van der Waals surface area contributed by atoms with Gasteiger partial charge in [0.1, 0.15) is 102 Å². The van der Waals surface area contributed by atoms with Crippen molar-refractivity contribution in [2.75, 3.05) is 20.3 Å². The van der Waals surface area contributed by atoms with Gasteiger partial charge in [0.15, 0.2) is 48.4 Å². The number of carboxylic acids is 1. The highest BCUT2D eigenvalue weighted by atomic mass is 35.5. The molecule has 6 amide bonds. The molecule has 11 bridgehead atoms. The van der Waals surface area contributed by atoms with Crippen molar-refractivity contribution in [1.82, 2.24) is 31.9 Å². The number of aliphatic hydroxyl groups excluding tert-OH is 8. The van der Waals surface area contributed by atoms with E-state index >= 15 is 19.2 Å². The lowest BCUT2D eigenvalue weighted by Gasteiger charge is -2.44. The SMILES string of the molecule is CO[C@H]1[C@H](C)O[C@@H](O[C@@H]2c3ccc(c(Cl)c3)Oc3cc4cc(c3O[C@@H]3O[C@H](CO)[C@@H](O)[C@H](O)[C@H]3O[C@H]3C[C@H](N)[C@@H](O)[C@H](C)O3)Oc3ccc(cc3)[C@H]3OC(=O)N[C@H]3C(=O)N[C@@H](Cc3ccccc3)C(=O)N[C@H]4C(=O)N[C@H]3C(=O)N[C@@H]2C(=O)N[C@H](C(=O)O)c2cc(O)cc(O[C@H]4O[C@H](CO)[C@@H](O)[C@H](O)[C@@H]4O)c2-c2cc3ccc2O)C[C@@H]1N. The average Bonchev–Trinajstić information content (AvgIpc) is 0.845. The Balaban J connectivity index is 1.01. The Hall–Kier alpha value is -10.2. The zero-order valence-corrected chi connectivity index (χ0v) is 62.5. The van der Waals surface area contributed by atoms with Crippen molar-refractivity contribution in [3.05, 3.63) is 154 Å². The third-order valence-corrected chi connectivity index (χ3v) is 21.7. The van der Waals surface area contributed by atoms with Crippen molar-refractivity contribution >= 4 is 53.2 Å². The van der Waals surface area contributed by atoms with Gasteiger partial charge in [-0.2, -0.15) is 0 Å². The lowest BCUT2D eigenvalue weighted by molar-refractivity contribution is -0.330. The number of hydrogen-bond donors (Lipinski definition) is 19. The van der Waals surface area contributed by atoms with E-state index in [1.54, 1.807) is 37.3 Å². The maximum atomic E-state index is 16.7. The number of phenolic OH excluding ortho intramolecular Hbond substituents is 2. The number of carbonyl (C=O) groups is 7. The highest BCUT2D eigenvalue weighted by Gasteiger charge is 2.52. The van der Waals surface area contributed by atoms with Gasteiger partial charge in [-0.05, 0) is 96.3 Å². The minimum absolute atomic E-state index is 0.0938. The molecule has 26 atom stereocenters. The molecule has 10 aliphatic heterocycles. The first-order valence-corrected chi connectivity index (χ1v) is 37.3. The van der Waals surface area contributed by atoms with Gasteiger partial charge in [-0.1, -0.05) is 66.2 Å². The van der Waals surface area contributed by atoms with E-state index in [1.165, 1.54) is 56.5 Å². The Morgan fingerprint density at radius 1 is 0.560 bits per heavy atom. The molecule has 0 aliphatic carbocycles. The number of hydrogen-bond acceptors (Lipinski definition) is 31. The number of alkyl carbamates (subject to hydrolysis) is 1. The fourth-order valence-corrected chi connectivity index (χ4v) is 15.6. The number of nitrogens with one attached hydrogen (secondary N) is 6. The number of ether oxygens (including phenoxy) is 12. The van der Waals surface area contributed by atoms with Crippen LogP contribution in [0.4, 0.5) is 4.79 Å². The maximum Gasteiger partial charge on any atom is 0.408 e. The van der Waals surface area contributed by atoms with Gasteiger partial charge in [0.05, 0.1) is 42.7 Å². The normalized spacial score (nSPS) is 33.9. The van der Waals surface area contributed by atoms with Crippen LogP contribution in [-0.2, 0) is 73.1 Å². The molecule has 0 unspecified atom stereocenters. The number of nitrogens with two attached hydrogens (primary N) is 2. The van der Waals surface area contributed by atoms with E-state index in [4.69, 9.17) is 79.9 Å². The van der Waals surface area contributed by atoms with E-state index in [1.807, 2.05) is 0 Å². The molecular formula is C77H85ClN8O30. The summed E-state index contributed by atoms with van der Waals surface area (Å²) >= 11 is 7.43. The highest BCUT2D eigenvalue weighted by molar-refractivity contribution is 6.32. The summed E-state index contributed by atoms with van der Waals surface area (Å²) < 4.78 is 75.4. The van der Waals surface area contributed by atoms with Crippen LogP contribution in [0.15, 0.2) is 115 Å². The molecule has 38 nitrogen and oxygen atoms in total. The van der Waals surface area contributed by atoms with E-state index in [9.17, 15) is 70.6 Å². The molecule has 10 heterocycles. The van der Waals surface area contributed by atoms with Gasteiger partial charge in [0, 0.05) is 61.2 Å². The molecule has 16 rings (SSSR count). The zero-order chi connectivity index (χ0) is 82.6. The van der Waals surface area contributed by atoms with Gasteiger partial charge in [0.2, 0.25) is 47.9 Å². The molecule has 0 spiro atoms. The van der Waals surface area contributed by atoms with Gasteiger partial charge in [0.25, 0.3) is 0 Å². The standard InChI is InChI=1S/C77H85ClN8O30/c1-28-58(91)40(79)24-50(106-28)114-68-62(95)60(93)49(27-88)112-76(68)115-67-46-20-34-21-47(67)109-44-16-12-33(19-39(44)78)66(113-51-25-41(80)64(105-3)29(2)107-51)56-73(101)84-55(74(102)103)38-22-35(89)23-45(110-75-63(96)61(94)59(92)48(26-87)111-75)52(38)37-18-32(11-15-43(37)90)53(70(98)85-56)83-71(99)54(34)82-69(97)42(17-30-7-5-4-6-8-30)81-72(100)57-65(116-77(104)86-57)31-9-13-36(108-46)14-10-31/h4-16,18-23,28-29,40-42,48-51,53-66,68,75-76,87-96H,17,24-27,79-80H2,1-3H3,(H,81,100)(H,82,97)(H,83,99)(H,84,101)(H,85,98)(H,86,104)(H,102,103)/t28-,29-,40-,41-,42-,48+,49+,50-,51-,53+,54+,55-,56-,57+,58-,59+,60+,61-,62-,63-,64-,65+,66+,68+,75-,76-/m0/s1. The topological polar surface area (TPSA) is 577 Å². The smallest absolute Gasteiger partial charge is 0.408 e. The lowest BCUT2D eigenvalue weighted by atomic mass is 9.89. The second kappa shape index (κ2) is 34.2. The molecule has 39 heteroatoms. The van der Waals surface area contributed by atoms with E-state index in [2.05, 4.69) is 31.9 Å². The Bertz CT molecular complexity index is 4670. The van der Waals surface area contributed by atoms with Crippen LogP contribution in [0.25, 0.3) is 11.1 Å². The van der Waals surface area contributed by atoms with E-state index in [-0.39, 0.29) is 58.0 Å². The summed E-state index contributed by atoms with van der Waals surface area (Å²) in [5.41, 5.74) is 11.2. The van der Waals surface area contributed by atoms with Crippen LogP contribution in [0.3, 0.4) is 0 Å². The number of carboxylic acid groups (broad SMARTS) is 1. The number of fused-ring (bicyclic) bond motifs is 13. The lowest BCUT2D eigenvalue weighted by Crippen LogP contribution is -2.62. The molecule has 0 aromatic heterocycles. The molecule has 10 aliphatic rings. The fourth-order valence-electron chi connectivity index (χ4n) is 15.3. The summed E-state index contributed by atoms with van der Waals surface area (Å²) in [6.07, 6.45) is -30.9. The first-order valence-electron chi connectivity index (χ1n) is 37.0. The van der Waals surface area contributed by atoms with Crippen LogP contribution in [0, 0.1) is 0 Å². The molecule has 5 saturated heterocycles. The summed E-state index contributed by atoms with van der Waals surface area (Å²) in [6.45, 7) is 1.20. The molecule has 116 heavy (non-hydrogen) atoms. The first-order chi connectivity index (χ1) is 55.4. The van der Waals surface area contributed by atoms with Crippen LogP contribution in [-0.4, -0.2) is 247 Å². The highest BCUT2D eigenvalue weighted by Crippen LogP contribution is 2.50. The van der Waals surface area contributed by atoms with E-state index in [0.29, 0.717) is 5.56 Å². The Morgan fingerprint density at radius 3 is 1.87 bits per heavy atom. The van der Waals surface area contributed by atoms with Gasteiger partial charge in [-0.25, -0.2) is 9.59 Å². The van der Waals surface area contributed by atoms with Crippen molar-refractivity contribution in [3.8, 4) is 57.1 Å². The fraction of sp³-hybridized carbons (Fsp3) is 0.442. The van der Waals surface area contributed by atoms with Gasteiger partial charge >= 0.3 is 12.1 Å². The number of rotatable bonds is 14. The monoisotopic (exact) mass is 1640 g/mol. The number of aliphatic hydroxyl groups is 8. The number of amides is 6. The maximum absolute atomic E-state index is 16.7. The number of aliphatic carboxylic acids is 1. The number of aromatic hydroxyl groups is 2. The van der Waals surface area contributed by atoms with Crippen molar-refractivity contribution in [2.24, 2.45) is 11.5 Å². The zero-order valence-electron chi connectivity index (χ0n) is 61.7. The predicted molar refractivity (Wildman–Crippen MR) is 392 cm³/mol. The van der Waals surface area contributed by atoms with Crippen LogP contribution in [0.5, 0.6) is 46.0 Å². The quantitative estimate of drug-likeness (QED) is 0.0647. The number of benzene rings is 6. The molecule has 0 saturated carbocycles. The summed E-state index contributed by atoms with van der Waals surface area (Å²) in [4.78, 5) is 107. The molecule has 5 fully saturated rings. The van der Waals surface area contributed by atoms with Crippen LogP contribution in [0.2, 0.25) is 5.02 Å². The number of carbonyl (C=O) groups excluding carboxylic acids is 6. The first kappa shape index (κ1) is 82.4. The van der Waals surface area contributed by atoms with E-state index in [0.717, 1.165) is 42.5 Å². The molecule has 0 radical (unpaired) electrons. The molecular weight excluding hydrogens is 1550 g/mol. The van der Waals surface area contributed by atoms with Crippen LogP contribution < -0.4 is 62.3 Å². The minimum Gasteiger partial charge on any atom is -0.508 e. The molecule has 21 N–H and O–H groups in total. The third kappa shape index (κ3) is 16.8. The summed E-state index contributed by atoms with van der Waals surface area (Å²) in [5.74, 6) is -12.4. The average molecular weight is 1640 g/mol. The number of halogens is 1. The second-order valence-corrected chi connectivity index (χ2v) is 29.6. The molecule has 6 aromatic rings. The summed E-state index contributed by atoms with van der Waals surface area (Å²) in [6, 6.07) is 10.6. The second-order valence-electron chi connectivity index (χ2n) is 29.2. The van der Waals surface area contributed by atoms with Crippen LogP contribution in [0.1, 0.15) is 90.4 Å². The largest absolute Gasteiger partial charge is 0.508 e. The number of methoxy groups -OCH3 is 1. The van der Waals surface area contributed by atoms with Crippen LogP contribution >= 0.6 is 11.6 Å². The van der Waals surface area contributed by atoms with Gasteiger partial charge in [-0.3, -0.25) is 24.0 Å². The summed E-state index contributed by atoms with van der Waals surface area (Å²) in [7, 11) is 1.39. The Kier molecular flexibility index (Phi) is 24.3.